The molecule has 1 fully saturated rings. The average Bonchev–Trinajstić information content (AvgIpc) is 2.85. The number of hydrogen-bond donors (Lipinski definition) is 1. The molecule has 6 heteroatoms. The van der Waals surface area contributed by atoms with Gasteiger partial charge in [0.2, 0.25) is 0 Å². The van der Waals surface area contributed by atoms with E-state index in [0.717, 1.165) is 23.5 Å². The molecule has 2 rings (SSSR count). The summed E-state index contributed by atoms with van der Waals surface area (Å²) in [6, 6.07) is 5.73. The number of rotatable bonds is 5. The van der Waals surface area contributed by atoms with Gasteiger partial charge in [0.25, 0.3) is 0 Å². The van der Waals surface area contributed by atoms with E-state index in [1.807, 2.05) is 24.9 Å². The molecule has 1 aromatic carbocycles. The molecule has 1 saturated heterocycles. The van der Waals surface area contributed by atoms with E-state index in [1.165, 1.54) is 7.11 Å². The fraction of sp³-hybridized carbons (Fsp3) is 0.538. The topological polar surface area (TPSA) is 64.4 Å². The van der Waals surface area contributed by atoms with Crippen LogP contribution in [-0.2, 0) is 6.42 Å². The molecule has 0 spiro atoms. The molecule has 0 radical (unpaired) electrons. The standard InChI is InChI=1S/C13H18N2O3S/c1-14-11-8-19-7-10(11)5-9-3-4-13(18-2)12(6-9)15(16)17/h3-4,6,10-11,14H,5,7-8H2,1-2H3. The average molecular weight is 282 g/mol. The zero-order valence-corrected chi connectivity index (χ0v) is 11.9. The number of nitrogens with one attached hydrogen (secondary N) is 1. The lowest BCUT2D eigenvalue weighted by molar-refractivity contribution is -0.385. The summed E-state index contributed by atoms with van der Waals surface area (Å²) in [5, 5.41) is 14.3. The van der Waals surface area contributed by atoms with Crippen LogP contribution < -0.4 is 10.1 Å². The summed E-state index contributed by atoms with van der Waals surface area (Å²) in [4.78, 5) is 10.6. The molecule has 2 unspecified atom stereocenters. The van der Waals surface area contributed by atoms with Crippen molar-refractivity contribution in [3.8, 4) is 5.75 Å². The largest absolute Gasteiger partial charge is 0.490 e. The van der Waals surface area contributed by atoms with E-state index >= 15 is 0 Å². The molecule has 5 nitrogen and oxygen atoms in total. The molecule has 1 heterocycles. The van der Waals surface area contributed by atoms with Gasteiger partial charge in [-0.1, -0.05) is 6.07 Å². The molecule has 0 aromatic heterocycles. The molecule has 1 aliphatic heterocycles. The SMILES string of the molecule is CNC1CSCC1Cc1ccc(OC)c([N+](=O)[O-])c1. The number of thioether (sulfide) groups is 1. The van der Waals surface area contributed by atoms with Gasteiger partial charge in [0, 0.05) is 17.9 Å². The van der Waals surface area contributed by atoms with Crippen molar-refractivity contribution in [3.05, 3.63) is 33.9 Å². The molecule has 2 atom stereocenters. The van der Waals surface area contributed by atoms with Crippen molar-refractivity contribution in [2.45, 2.75) is 12.5 Å². The minimum absolute atomic E-state index is 0.0478. The monoisotopic (exact) mass is 282 g/mol. The van der Waals surface area contributed by atoms with E-state index in [2.05, 4.69) is 5.32 Å². The predicted octanol–water partition coefficient (Wildman–Crippen LogP) is 2.10. The second kappa shape index (κ2) is 6.25. The van der Waals surface area contributed by atoms with Crippen molar-refractivity contribution in [1.29, 1.82) is 0 Å². The van der Waals surface area contributed by atoms with E-state index in [1.54, 1.807) is 12.1 Å². The Morgan fingerprint density at radius 1 is 1.53 bits per heavy atom. The van der Waals surface area contributed by atoms with Gasteiger partial charge in [0.15, 0.2) is 5.75 Å². The highest BCUT2D eigenvalue weighted by Crippen LogP contribution is 2.31. The Kier molecular flexibility index (Phi) is 4.66. The maximum absolute atomic E-state index is 11.0. The smallest absolute Gasteiger partial charge is 0.311 e. The molecule has 1 aromatic rings. The van der Waals surface area contributed by atoms with Gasteiger partial charge in [0.1, 0.15) is 0 Å². The van der Waals surface area contributed by atoms with Crippen molar-refractivity contribution in [2.24, 2.45) is 5.92 Å². The number of nitrogens with zero attached hydrogens (tertiary/aromatic N) is 1. The normalized spacial score (nSPS) is 22.4. The molecular weight excluding hydrogens is 264 g/mol. The number of ether oxygens (including phenoxy) is 1. The Hall–Kier alpha value is -1.27. The fourth-order valence-corrected chi connectivity index (χ4v) is 3.91. The molecule has 1 N–H and O–H groups in total. The Morgan fingerprint density at radius 2 is 2.32 bits per heavy atom. The van der Waals surface area contributed by atoms with Gasteiger partial charge in [-0.15, -0.1) is 0 Å². The third-order valence-electron chi connectivity index (χ3n) is 3.51. The number of nitro groups is 1. The van der Waals surface area contributed by atoms with Gasteiger partial charge in [-0.25, -0.2) is 0 Å². The highest BCUT2D eigenvalue weighted by molar-refractivity contribution is 7.99. The van der Waals surface area contributed by atoms with E-state index in [9.17, 15) is 10.1 Å². The van der Waals surface area contributed by atoms with Crippen LogP contribution in [0.15, 0.2) is 18.2 Å². The lowest BCUT2D eigenvalue weighted by atomic mass is 9.95. The summed E-state index contributed by atoms with van der Waals surface area (Å²) in [6.07, 6.45) is 0.864. The van der Waals surface area contributed by atoms with Crippen LogP contribution in [0, 0.1) is 16.0 Å². The van der Waals surface area contributed by atoms with Crippen LogP contribution in [-0.4, -0.2) is 36.6 Å². The Labute approximate surface area is 116 Å². The first-order chi connectivity index (χ1) is 9.15. The fourth-order valence-electron chi connectivity index (χ4n) is 2.43. The molecular formula is C13H18N2O3S. The van der Waals surface area contributed by atoms with Crippen LogP contribution in [0.1, 0.15) is 5.56 Å². The van der Waals surface area contributed by atoms with E-state index in [4.69, 9.17) is 4.74 Å². The van der Waals surface area contributed by atoms with Crippen molar-refractivity contribution in [1.82, 2.24) is 5.32 Å². The quantitative estimate of drug-likeness (QED) is 0.662. The summed E-state index contributed by atoms with van der Waals surface area (Å²) in [6.45, 7) is 0. The van der Waals surface area contributed by atoms with Crippen molar-refractivity contribution >= 4 is 17.4 Å². The van der Waals surface area contributed by atoms with Gasteiger partial charge in [-0.05, 0) is 36.8 Å². The Balaban J connectivity index is 2.17. The molecule has 19 heavy (non-hydrogen) atoms. The number of hydrogen-bond acceptors (Lipinski definition) is 5. The third kappa shape index (κ3) is 3.19. The molecule has 0 bridgehead atoms. The van der Waals surface area contributed by atoms with Gasteiger partial charge < -0.3 is 10.1 Å². The molecule has 0 saturated carbocycles. The second-order valence-corrected chi connectivity index (χ2v) is 5.74. The Morgan fingerprint density at radius 3 is 2.95 bits per heavy atom. The summed E-state index contributed by atoms with van der Waals surface area (Å²) in [5.41, 5.74) is 1.05. The van der Waals surface area contributed by atoms with Crippen LogP contribution in [0.5, 0.6) is 5.75 Å². The van der Waals surface area contributed by atoms with E-state index in [-0.39, 0.29) is 10.6 Å². The summed E-state index contributed by atoms with van der Waals surface area (Å²) in [5.74, 6) is 3.06. The summed E-state index contributed by atoms with van der Waals surface area (Å²) in [7, 11) is 3.42. The first-order valence-corrected chi connectivity index (χ1v) is 7.37. The maximum Gasteiger partial charge on any atom is 0.311 e. The minimum atomic E-state index is -0.388. The van der Waals surface area contributed by atoms with Crippen molar-refractivity contribution in [2.75, 3.05) is 25.7 Å². The zero-order valence-electron chi connectivity index (χ0n) is 11.1. The first-order valence-electron chi connectivity index (χ1n) is 6.22. The number of methoxy groups -OCH3 is 1. The van der Waals surface area contributed by atoms with Crippen LogP contribution in [0.4, 0.5) is 5.69 Å². The zero-order chi connectivity index (χ0) is 13.8. The van der Waals surface area contributed by atoms with E-state index in [0.29, 0.717) is 17.7 Å². The van der Waals surface area contributed by atoms with Crippen LogP contribution in [0.2, 0.25) is 0 Å². The van der Waals surface area contributed by atoms with Crippen molar-refractivity contribution < 1.29 is 9.66 Å². The molecule has 0 amide bonds. The van der Waals surface area contributed by atoms with Crippen LogP contribution >= 0.6 is 11.8 Å². The molecule has 104 valence electrons. The summed E-state index contributed by atoms with van der Waals surface area (Å²) < 4.78 is 5.02. The molecule has 1 aliphatic rings. The number of nitro benzene ring substituents is 1. The van der Waals surface area contributed by atoms with Gasteiger partial charge >= 0.3 is 5.69 Å². The van der Waals surface area contributed by atoms with E-state index < -0.39 is 0 Å². The van der Waals surface area contributed by atoms with Crippen LogP contribution in [0.3, 0.4) is 0 Å². The van der Waals surface area contributed by atoms with Gasteiger partial charge in [-0.3, -0.25) is 10.1 Å². The molecule has 0 aliphatic carbocycles. The van der Waals surface area contributed by atoms with Gasteiger partial charge in [-0.2, -0.15) is 11.8 Å². The summed E-state index contributed by atoms with van der Waals surface area (Å²) >= 11 is 1.93. The van der Waals surface area contributed by atoms with Crippen LogP contribution in [0.25, 0.3) is 0 Å². The highest BCUT2D eigenvalue weighted by Gasteiger charge is 2.27. The first kappa shape index (κ1) is 14.1. The van der Waals surface area contributed by atoms with Gasteiger partial charge in [0.05, 0.1) is 12.0 Å². The van der Waals surface area contributed by atoms with Crippen molar-refractivity contribution in [3.63, 3.8) is 0 Å². The minimum Gasteiger partial charge on any atom is -0.490 e. The lowest BCUT2D eigenvalue weighted by Gasteiger charge is -2.18. The third-order valence-corrected chi connectivity index (χ3v) is 4.77. The Bertz CT molecular complexity index is 467. The predicted molar refractivity (Wildman–Crippen MR) is 77.0 cm³/mol. The lowest BCUT2D eigenvalue weighted by Crippen LogP contribution is -2.33. The highest BCUT2D eigenvalue weighted by atomic mass is 32.2. The second-order valence-electron chi connectivity index (χ2n) is 4.66. The maximum atomic E-state index is 11.0. The number of benzene rings is 1.